The SMILES string of the molecule is CC(=CCc1occc1C)Cc1coc(C)c1. The minimum absolute atomic E-state index is 0.863. The van der Waals surface area contributed by atoms with Crippen LogP contribution in [0.1, 0.15) is 29.6 Å². The van der Waals surface area contributed by atoms with Crippen LogP contribution in [0, 0.1) is 13.8 Å². The van der Waals surface area contributed by atoms with Crippen molar-refractivity contribution in [2.24, 2.45) is 0 Å². The van der Waals surface area contributed by atoms with E-state index < -0.39 is 0 Å². The summed E-state index contributed by atoms with van der Waals surface area (Å²) in [5.41, 5.74) is 3.78. The zero-order chi connectivity index (χ0) is 12.3. The maximum absolute atomic E-state index is 5.41. The molecule has 2 heteroatoms. The molecule has 2 rings (SSSR count). The molecule has 90 valence electrons. The van der Waals surface area contributed by atoms with E-state index >= 15 is 0 Å². The van der Waals surface area contributed by atoms with Crippen molar-refractivity contribution in [3.8, 4) is 0 Å². The molecule has 0 aliphatic heterocycles. The van der Waals surface area contributed by atoms with Crippen LogP contribution in [0.25, 0.3) is 0 Å². The van der Waals surface area contributed by atoms with Crippen LogP contribution in [0.3, 0.4) is 0 Å². The maximum Gasteiger partial charge on any atom is 0.110 e. The summed E-state index contributed by atoms with van der Waals surface area (Å²) in [5.74, 6) is 2.02. The van der Waals surface area contributed by atoms with Crippen LogP contribution in [-0.2, 0) is 12.8 Å². The third kappa shape index (κ3) is 3.13. The molecule has 0 spiro atoms. The maximum atomic E-state index is 5.41. The van der Waals surface area contributed by atoms with Gasteiger partial charge < -0.3 is 8.83 Å². The summed E-state index contributed by atoms with van der Waals surface area (Å²) < 4.78 is 10.7. The largest absolute Gasteiger partial charge is 0.469 e. The Labute approximate surface area is 102 Å². The van der Waals surface area contributed by atoms with Gasteiger partial charge in [0.1, 0.15) is 11.5 Å². The Hall–Kier alpha value is -1.70. The Morgan fingerprint density at radius 3 is 2.71 bits per heavy atom. The van der Waals surface area contributed by atoms with Gasteiger partial charge in [0, 0.05) is 6.42 Å². The minimum atomic E-state index is 0.863. The fraction of sp³-hybridized carbons (Fsp3) is 0.333. The van der Waals surface area contributed by atoms with Gasteiger partial charge in [-0.15, -0.1) is 0 Å². The highest BCUT2D eigenvalue weighted by Crippen LogP contribution is 2.14. The van der Waals surface area contributed by atoms with Crippen molar-refractivity contribution in [3.63, 3.8) is 0 Å². The Morgan fingerprint density at radius 2 is 2.12 bits per heavy atom. The van der Waals surface area contributed by atoms with Crippen molar-refractivity contribution in [3.05, 3.63) is 59.0 Å². The predicted octanol–water partition coefficient (Wildman–Crippen LogP) is 4.22. The molecule has 2 aromatic rings. The van der Waals surface area contributed by atoms with E-state index in [9.17, 15) is 0 Å². The van der Waals surface area contributed by atoms with E-state index in [2.05, 4.69) is 26.0 Å². The molecule has 0 N–H and O–H groups in total. The van der Waals surface area contributed by atoms with Crippen LogP contribution in [0.5, 0.6) is 0 Å². The molecule has 0 aromatic carbocycles. The van der Waals surface area contributed by atoms with E-state index in [0.29, 0.717) is 0 Å². The van der Waals surface area contributed by atoms with E-state index in [4.69, 9.17) is 8.83 Å². The van der Waals surface area contributed by atoms with Crippen molar-refractivity contribution in [1.29, 1.82) is 0 Å². The topological polar surface area (TPSA) is 26.3 Å². The molecule has 0 saturated heterocycles. The van der Waals surface area contributed by atoms with Gasteiger partial charge in [0.25, 0.3) is 0 Å². The van der Waals surface area contributed by atoms with Gasteiger partial charge in [-0.25, -0.2) is 0 Å². The second-order valence-electron chi connectivity index (χ2n) is 4.52. The van der Waals surface area contributed by atoms with Crippen molar-refractivity contribution >= 4 is 0 Å². The standard InChI is InChI=1S/C15H18O2/c1-11(8-14-9-13(3)17-10-14)4-5-15-12(2)6-7-16-15/h4,6-7,9-10H,5,8H2,1-3H3. The summed E-state index contributed by atoms with van der Waals surface area (Å²) in [4.78, 5) is 0. The lowest BCUT2D eigenvalue weighted by molar-refractivity contribution is 0.520. The highest BCUT2D eigenvalue weighted by molar-refractivity contribution is 5.22. The summed E-state index contributed by atoms with van der Waals surface area (Å²) in [6, 6.07) is 4.08. The monoisotopic (exact) mass is 230 g/mol. The first kappa shape index (κ1) is 11.8. The molecule has 0 aliphatic carbocycles. The average Bonchev–Trinajstić information content (AvgIpc) is 2.85. The number of hydrogen-bond donors (Lipinski definition) is 0. The van der Waals surface area contributed by atoms with Crippen LogP contribution in [-0.4, -0.2) is 0 Å². The van der Waals surface area contributed by atoms with Gasteiger partial charge in [0.2, 0.25) is 0 Å². The quantitative estimate of drug-likeness (QED) is 0.735. The van der Waals surface area contributed by atoms with E-state index in [-0.39, 0.29) is 0 Å². The van der Waals surface area contributed by atoms with Gasteiger partial charge in [-0.2, -0.15) is 0 Å². The zero-order valence-corrected chi connectivity index (χ0v) is 10.6. The van der Waals surface area contributed by atoms with Gasteiger partial charge in [-0.05, 0) is 50.5 Å². The molecule has 0 amide bonds. The number of furan rings is 2. The Bertz CT molecular complexity index is 515. The molecule has 0 fully saturated rings. The van der Waals surface area contributed by atoms with Crippen LogP contribution in [0.15, 0.2) is 45.1 Å². The van der Waals surface area contributed by atoms with Crippen molar-refractivity contribution < 1.29 is 8.83 Å². The highest BCUT2D eigenvalue weighted by atomic mass is 16.3. The lowest BCUT2D eigenvalue weighted by Gasteiger charge is -1.98. The van der Waals surface area contributed by atoms with Crippen molar-refractivity contribution in [2.45, 2.75) is 33.6 Å². The molecule has 2 heterocycles. The Morgan fingerprint density at radius 1 is 1.29 bits per heavy atom. The molecule has 0 atom stereocenters. The molecule has 0 bridgehead atoms. The lowest BCUT2D eigenvalue weighted by Crippen LogP contribution is -1.87. The van der Waals surface area contributed by atoms with Crippen LogP contribution >= 0.6 is 0 Å². The third-order valence-corrected chi connectivity index (χ3v) is 2.87. The normalized spacial score (nSPS) is 12.1. The third-order valence-electron chi connectivity index (χ3n) is 2.87. The first-order valence-corrected chi connectivity index (χ1v) is 5.88. The molecular formula is C15H18O2. The van der Waals surface area contributed by atoms with Crippen LogP contribution in [0.2, 0.25) is 0 Å². The molecule has 2 nitrogen and oxygen atoms in total. The number of hydrogen-bond acceptors (Lipinski definition) is 2. The van der Waals surface area contributed by atoms with Gasteiger partial charge in [-0.1, -0.05) is 11.6 Å². The van der Waals surface area contributed by atoms with Gasteiger partial charge in [0.05, 0.1) is 12.5 Å². The fourth-order valence-electron chi connectivity index (χ4n) is 1.86. The fourth-order valence-corrected chi connectivity index (χ4v) is 1.86. The second kappa shape index (κ2) is 5.09. The van der Waals surface area contributed by atoms with Crippen molar-refractivity contribution in [2.75, 3.05) is 0 Å². The Balaban J connectivity index is 1.96. The van der Waals surface area contributed by atoms with Crippen LogP contribution in [0.4, 0.5) is 0 Å². The van der Waals surface area contributed by atoms with E-state index in [0.717, 1.165) is 24.4 Å². The van der Waals surface area contributed by atoms with Gasteiger partial charge >= 0.3 is 0 Å². The van der Waals surface area contributed by atoms with Gasteiger partial charge in [0.15, 0.2) is 0 Å². The highest BCUT2D eigenvalue weighted by Gasteiger charge is 2.01. The smallest absolute Gasteiger partial charge is 0.110 e. The average molecular weight is 230 g/mol. The summed E-state index contributed by atoms with van der Waals surface area (Å²) in [6.45, 7) is 6.18. The predicted molar refractivity (Wildman–Crippen MR) is 68.1 cm³/mol. The van der Waals surface area contributed by atoms with E-state index in [1.54, 1.807) is 6.26 Å². The molecule has 0 radical (unpaired) electrons. The minimum Gasteiger partial charge on any atom is -0.469 e. The number of rotatable bonds is 4. The summed E-state index contributed by atoms with van der Waals surface area (Å²) in [7, 11) is 0. The summed E-state index contributed by atoms with van der Waals surface area (Å²) in [5, 5.41) is 0. The van der Waals surface area contributed by atoms with E-state index in [1.165, 1.54) is 16.7 Å². The second-order valence-corrected chi connectivity index (χ2v) is 4.52. The zero-order valence-electron chi connectivity index (χ0n) is 10.6. The summed E-state index contributed by atoms with van der Waals surface area (Å²) in [6.07, 6.45) is 7.59. The van der Waals surface area contributed by atoms with Gasteiger partial charge in [-0.3, -0.25) is 0 Å². The van der Waals surface area contributed by atoms with E-state index in [1.807, 2.05) is 19.3 Å². The molecule has 2 aromatic heterocycles. The molecule has 0 unspecified atom stereocenters. The number of aryl methyl sites for hydroxylation is 2. The molecule has 0 saturated carbocycles. The number of allylic oxidation sites excluding steroid dienone is 2. The van der Waals surface area contributed by atoms with Crippen molar-refractivity contribution in [1.82, 2.24) is 0 Å². The molecular weight excluding hydrogens is 212 g/mol. The first-order valence-electron chi connectivity index (χ1n) is 5.88. The first-order chi connectivity index (χ1) is 8.15. The lowest BCUT2D eigenvalue weighted by atomic mass is 10.1. The molecule has 0 aliphatic rings. The summed E-state index contributed by atoms with van der Waals surface area (Å²) >= 11 is 0. The Kier molecular flexibility index (Phi) is 3.52. The molecule has 17 heavy (non-hydrogen) atoms. The van der Waals surface area contributed by atoms with Crippen LogP contribution < -0.4 is 0 Å².